The van der Waals surface area contributed by atoms with Crippen LogP contribution < -0.4 is 10.6 Å². The predicted octanol–water partition coefficient (Wildman–Crippen LogP) is 1.73. The second-order valence-electron chi connectivity index (χ2n) is 4.26. The lowest BCUT2D eigenvalue weighted by atomic mass is 10.1. The Kier molecular flexibility index (Phi) is 5.02. The number of benzene rings is 1. The highest BCUT2D eigenvalue weighted by molar-refractivity contribution is 5.68. The number of ether oxygens (including phenoxy) is 1. The molecule has 0 fully saturated rings. The quantitative estimate of drug-likeness (QED) is 0.805. The van der Waals surface area contributed by atoms with E-state index in [1.54, 1.807) is 11.9 Å². The van der Waals surface area contributed by atoms with E-state index < -0.39 is 17.8 Å². The van der Waals surface area contributed by atoms with Crippen LogP contribution in [0.1, 0.15) is 5.56 Å². The number of aliphatic hydroxyl groups is 1. The fraction of sp³-hybridized carbons (Fsp3) is 0.500. The van der Waals surface area contributed by atoms with Crippen molar-refractivity contribution in [1.82, 2.24) is 0 Å². The summed E-state index contributed by atoms with van der Waals surface area (Å²) in [5, 5.41) is 9.57. The van der Waals surface area contributed by atoms with Crippen LogP contribution in [0.5, 0.6) is 0 Å². The number of nitrogen functional groups attached to an aromatic ring is 1. The van der Waals surface area contributed by atoms with Gasteiger partial charge in [-0.25, -0.2) is 0 Å². The molecule has 0 aliphatic rings. The lowest BCUT2D eigenvalue weighted by Crippen LogP contribution is -2.32. The van der Waals surface area contributed by atoms with E-state index in [0.717, 1.165) is 12.1 Å². The Morgan fingerprint density at radius 3 is 2.53 bits per heavy atom. The first kappa shape index (κ1) is 15.6. The summed E-state index contributed by atoms with van der Waals surface area (Å²) in [6.45, 7) is 0.355. The van der Waals surface area contributed by atoms with Crippen molar-refractivity contribution in [3.8, 4) is 0 Å². The first-order chi connectivity index (χ1) is 8.75. The van der Waals surface area contributed by atoms with Gasteiger partial charge in [0.2, 0.25) is 0 Å². The van der Waals surface area contributed by atoms with Crippen molar-refractivity contribution in [3.63, 3.8) is 0 Å². The van der Waals surface area contributed by atoms with Crippen molar-refractivity contribution in [2.24, 2.45) is 0 Å². The average Bonchev–Trinajstić information content (AvgIpc) is 2.27. The van der Waals surface area contributed by atoms with Crippen LogP contribution >= 0.6 is 0 Å². The maximum Gasteiger partial charge on any atom is 0.416 e. The predicted molar refractivity (Wildman–Crippen MR) is 67.0 cm³/mol. The fourth-order valence-corrected chi connectivity index (χ4v) is 1.74. The fourth-order valence-electron chi connectivity index (χ4n) is 1.74. The Hall–Kier alpha value is -1.47. The number of hydrogen-bond donors (Lipinski definition) is 2. The van der Waals surface area contributed by atoms with Crippen LogP contribution in [-0.4, -0.2) is 38.5 Å². The van der Waals surface area contributed by atoms with E-state index in [9.17, 15) is 18.3 Å². The van der Waals surface area contributed by atoms with Crippen molar-refractivity contribution in [2.45, 2.75) is 12.3 Å². The standard InChI is InChI=1S/C12H17F3N2O2/c1-17(6-9(18)7-19-2)11-4-3-8(5-10(11)16)12(13,14)15/h3-5,9,18H,6-7,16H2,1-2H3. The molecule has 1 aromatic rings. The number of methoxy groups -OCH3 is 1. The second-order valence-corrected chi connectivity index (χ2v) is 4.26. The van der Waals surface area contributed by atoms with Gasteiger partial charge in [0.1, 0.15) is 0 Å². The third-order valence-electron chi connectivity index (χ3n) is 2.61. The van der Waals surface area contributed by atoms with Crippen LogP contribution in [-0.2, 0) is 10.9 Å². The Morgan fingerprint density at radius 2 is 2.05 bits per heavy atom. The molecule has 0 radical (unpaired) electrons. The highest BCUT2D eigenvalue weighted by atomic mass is 19.4. The number of likely N-dealkylation sites (N-methyl/N-ethyl adjacent to an activating group) is 1. The number of nitrogens with zero attached hydrogens (tertiary/aromatic N) is 1. The van der Waals surface area contributed by atoms with Gasteiger partial charge < -0.3 is 20.5 Å². The van der Waals surface area contributed by atoms with Crippen LogP contribution in [0.2, 0.25) is 0 Å². The van der Waals surface area contributed by atoms with Gasteiger partial charge >= 0.3 is 6.18 Å². The Labute approximate surface area is 109 Å². The molecule has 0 heterocycles. The first-order valence-corrected chi connectivity index (χ1v) is 5.60. The minimum atomic E-state index is -4.42. The second kappa shape index (κ2) is 6.12. The van der Waals surface area contributed by atoms with Gasteiger partial charge in [-0.05, 0) is 18.2 Å². The van der Waals surface area contributed by atoms with Crippen molar-refractivity contribution in [3.05, 3.63) is 23.8 Å². The molecule has 0 saturated carbocycles. The van der Waals surface area contributed by atoms with E-state index >= 15 is 0 Å². The molecule has 0 spiro atoms. The molecular weight excluding hydrogens is 261 g/mol. The number of halogens is 3. The van der Waals surface area contributed by atoms with Crippen molar-refractivity contribution < 1.29 is 23.0 Å². The lowest BCUT2D eigenvalue weighted by Gasteiger charge is -2.24. The molecule has 0 aliphatic heterocycles. The Morgan fingerprint density at radius 1 is 1.42 bits per heavy atom. The van der Waals surface area contributed by atoms with Crippen LogP contribution in [0.3, 0.4) is 0 Å². The zero-order valence-corrected chi connectivity index (χ0v) is 10.7. The monoisotopic (exact) mass is 278 g/mol. The van der Waals surface area contributed by atoms with Gasteiger partial charge in [0, 0.05) is 20.7 Å². The SMILES string of the molecule is COCC(O)CN(C)c1ccc(C(F)(F)F)cc1N. The summed E-state index contributed by atoms with van der Waals surface area (Å²) in [4.78, 5) is 1.58. The van der Waals surface area contributed by atoms with E-state index in [1.807, 2.05) is 0 Å². The molecule has 1 aromatic carbocycles. The van der Waals surface area contributed by atoms with Gasteiger partial charge in [-0.1, -0.05) is 0 Å². The van der Waals surface area contributed by atoms with Crippen LogP contribution in [0.15, 0.2) is 18.2 Å². The summed E-state index contributed by atoms with van der Waals surface area (Å²) < 4.78 is 42.2. The van der Waals surface area contributed by atoms with Crippen molar-refractivity contribution >= 4 is 11.4 Å². The molecule has 1 unspecified atom stereocenters. The number of hydrogen-bond acceptors (Lipinski definition) is 4. The van der Waals surface area contributed by atoms with Crippen molar-refractivity contribution in [1.29, 1.82) is 0 Å². The van der Waals surface area contributed by atoms with Crippen LogP contribution in [0, 0.1) is 0 Å². The summed E-state index contributed by atoms with van der Waals surface area (Å²) in [6, 6.07) is 3.14. The molecule has 7 heteroatoms. The van der Waals surface area contributed by atoms with Crippen LogP contribution in [0.25, 0.3) is 0 Å². The van der Waals surface area contributed by atoms with E-state index in [2.05, 4.69) is 0 Å². The van der Waals surface area contributed by atoms with E-state index in [1.165, 1.54) is 13.2 Å². The normalized spacial score (nSPS) is 13.4. The van der Waals surface area contributed by atoms with E-state index in [4.69, 9.17) is 10.5 Å². The molecule has 1 rings (SSSR count). The molecule has 3 N–H and O–H groups in total. The number of rotatable bonds is 5. The zero-order valence-electron chi connectivity index (χ0n) is 10.7. The number of nitrogens with two attached hydrogens (primary N) is 1. The van der Waals surface area contributed by atoms with Gasteiger partial charge in [0.25, 0.3) is 0 Å². The Balaban J connectivity index is 2.84. The minimum absolute atomic E-state index is 0.0157. The topological polar surface area (TPSA) is 58.7 Å². The Bertz CT molecular complexity index is 424. The first-order valence-electron chi connectivity index (χ1n) is 5.60. The van der Waals surface area contributed by atoms with Gasteiger partial charge in [-0.3, -0.25) is 0 Å². The number of aliphatic hydroxyl groups excluding tert-OH is 1. The largest absolute Gasteiger partial charge is 0.416 e. The summed E-state index contributed by atoms with van der Waals surface area (Å²) in [6.07, 6.45) is -5.16. The average molecular weight is 278 g/mol. The highest BCUT2D eigenvalue weighted by Gasteiger charge is 2.31. The maximum atomic E-state index is 12.5. The molecular formula is C12H17F3N2O2. The molecule has 0 amide bonds. The summed E-state index contributed by atoms with van der Waals surface area (Å²) in [5.41, 5.74) is 5.27. The summed E-state index contributed by atoms with van der Waals surface area (Å²) >= 11 is 0. The molecule has 19 heavy (non-hydrogen) atoms. The zero-order chi connectivity index (χ0) is 14.6. The molecule has 1 atom stereocenters. The van der Waals surface area contributed by atoms with E-state index in [0.29, 0.717) is 5.69 Å². The molecule has 0 saturated heterocycles. The van der Waals surface area contributed by atoms with Crippen LogP contribution in [0.4, 0.5) is 24.5 Å². The molecule has 0 bridgehead atoms. The molecule has 108 valence electrons. The van der Waals surface area contributed by atoms with E-state index in [-0.39, 0.29) is 18.8 Å². The smallest absolute Gasteiger partial charge is 0.397 e. The maximum absolute atomic E-state index is 12.5. The molecule has 0 aliphatic carbocycles. The third-order valence-corrected chi connectivity index (χ3v) is 2.61. The third kappa shape index (κ3) is 4.29. The molecule has 4 nitrogen and oxygen atoms in total. The molecule has 0 aromatic heterocycles. The number of anilines is 2. The van der Waals surface area contributed by atoms with Gasteiger partial charge in [-0.2, -0.15) is 13.2 Å². The minimum Gasteiger partial charge on any atom is -0.397 e. The summed E-state index contributed by atoms with van der Waals surface area (Å²) in [7, 11) is 3.09. The van der Waals surface area contributed by atoms with Gasteiger partial charge in [-0.15, -0.1) is 0 Å². The van der Waals surface area contributed by atoms with Crippen molar-refractivity contribution in [2.75, 3.05) is 37.9 Å². The van der Waals surface area contributed by atoms with Gasteiger partial charge in [0.15, 0.2) is 0 Å². The number of alkyl halides is 3. The summed E-state index contributed by atoms with van der Waals surface area (Å²) in [5.74, 6) is 0. The lowest BCUT2D eigenvalue weighted by molar-refractivity contribution is -0.137. The van der Waals surface area contributed by atoms with Gasteiger partial charge in [0.05, 0.1) is 29.6 Å². The highest BCUT2D eigenvalue weighted by Crippen LogP contribution is 2.33.